The number of hydrogen-bond donors (Lipinski definition) is 0. The molecule has 1 atom stereocenters. The highest BCUT2D eigenvalue weighted by Gasteiger charge is 2.25. The molecule has 0 saturated heterocycles. The quantitative estimate of drug-likeness (QED) is 0.618. The molecule has 0 N–H and O–H groups in total. The monoisotopic (exact) mass is 262 g/mol. The van der Waals surface area contributed by atoms with Crippen molar-refractivity contribution in [1.29, 1.82) is 0 Å². The van der Waals surface area contributed by atoms with Gasteiger partial charge in [-0.2, -0.15) is 0 Å². The molecule has 1 rings (SSSR count). The van der Waals surface area contributed by atoms with Gasteiger partial charge in [0.05, 0.1) is 7.11 Å². The number of halogens is 2. The second-order valence-electron chi connectivity index (χ2n) is 3.11. The molecule has 0 heterocycles. The number of ether oxygens (including phenoxy) is 2. The van der Waals surface area contributed by atoms with Crippen LogP contribution < -0.4 is 4.74 Å². The molecule has 1 aromatic rings. The lowest BCUT2D eigenvalue weighted by molar-refractivity contribution is -0.146. The largest absolute Gasteiger partial charge is 0.496 e. The summed E-state index contributed by atoms with van der Waals surface area (Å²) in [5.41, 5.74) is 0.648. The third-order valence-corrected chi connectivity index (χ3v) is 2.42. The van der Waals surface area contributed by atoms with Crippen LogP contribution in [0.3, 0.4) is 0 Å². The molecular weight excluding hydrogens is 251 g/mol. The fraction of sp³-hybridized carbons (Fsp3) is 0.364. The number of carbonyl (C=O) groups excluding carboxylic acids is 1. The average molecular weight is 263 g/mol. The normalized spacial score (nSPS) is 12.3. The first kappa shape index (κ1) is 13.1. The first-order valence-electron chi connectivity index (χ1n) is 4.64. The number of carbonyl (C=O) groups is 1. The van der Waals surface area contributed by atoms with Gasteiger partial charge in [-0.15, -0.1) is 23.2 Å². The Hall–Kier alpha value is -0.930. The van der Waals surface area contributed by atoms with E-state index in [0.717, 1.165) is 0 Å². The van der Waals surface area contributed by atoms with Crippen molar-refractivity contribution in [2.45, 2.75) is 17.9 Å². The van der Waals surface area contributed by atoms with Crippen LogP contribution in [0.25, 0.3) is 0 Å². The molecule has 0 bridgehead atoms. The first-order valence-corrected chi connectivity index (χ1v) is 5.51. The molecule has 0 spiro atoms. The molecule has 0 amide bonds. The van der Waals surface area contributed by atoms with Gasteiger partial charge in [0, 0.05) is 12.5 Å². The van der Waals surface area contributed by atoms with Crippen molar-refractivity contribution in [3.05, 3.63) is 29.8 Å². The molecule has 16 heavy (non-hydrogen) atoms. The van der Waals surface area contributed by atoms with Crippen molar-refractivity contribution in [3.63, 3.8) is 0 Å². The molecule has 1 unspecified atom stereocenters. The predicted molar refractivity (Wildman–Crippen MR) is 63.0 cm³/mol. The number of benzene rings is 1. The molecule has 0 radical (unpaired) electrons. The predicted octanol–water partition coefficient (Wildman–Crippen LogP) is 3.10. The highest BCUT2D eigenvalue weighted by molar-refractivity contribution is 6.44. The van der Waals surface area contributed by atoms with E-state index in [9.17, 15) is 4.79 Å². The van der Waals surface area contributed by atoms with Crippen LogP contribution in [-0.2, 0) is 9.53 Å². The summed E-state index contributed by atoms with van der Waals surface area (Å²) in [5, 5.41) is 0. The fourth-order valence-corrected chi connectivity index (χ4v) is 1.71. The molecule has 1 aromatic carbocycles. The van der Waals surface area contributed by atoms with Gasteiger partial charge in [-0.1, -0.05) is 18.2 Å². The Labute approximate surface area is 104 Å². The zero-order valence-electron chi connectivity index (χ0n) is 8.94. The summed E-state index contributed by atoms with van der Waals surface area (Å²) in [6.45, 7) is 1.30. The molecule has 0 fully saturated rings. The van der Waals surface area contributed by atoms with Gasteiger partial charge >= 0.3 is 5.97 Å². The van der Waals surface area contributed by atoms with E-state index in [2.05, 4.69) is 0 Å². The Morgan fingerprint density at radius 3 is 2.44 bits per heavy atom. The minimum absolute atomic E-state index is 0.442. The molecule has 88 valence electrons. The topological polar surface area (TPSA) is 35.5 Å². The van der Waals surface area contributed by atoms with E-state index in [1.54, 1.807) is 18.2 Å². The molecule has 0 aliphatic rings. The SMILES string of the molecule is COc1ccccc1C(OC(C)=O)C(Cl)Cl. The van der Waals surface area contributed by atoms with Gasteiger partial charge in [-0.05, 0) is 6.07 Å². The van der Waals surface area contributed by atoms with Crippen LogP contribution in [0.2, 0.25) is 0 Å². The van der Waals surface area contributed by atoms with E-state index in [-0.39, 0.29) is 0 Å². The molecule has 5 heteroatoms. The van der Waals surface area contributed by atoms with Gasteiger partial charge in [-0.25, -0.2) is 0 Å². The minimum atomic E-state index is -0.847. The maximum Gasteiger partial charge on any atom is 0.303 e. The molecule has 3 nitrogen and oxygen atoms in total. The number of methoxy groups -OCH3 is 1. The van der Waals surface area contributed by atoms with Crippen LogP contribution in [0, 0.1) is 0 Å². The molecule has 0 aliphatic heterocycles. The van der Waals surface area contributed by atoms with Crippen LogP contribution in [0.15, 0.2) is 24.3 Å². The second kappa shape index (κ2) is 5.97. The van der Waals surface area contributed by atoms with E-state index >= 15 is 0 Å². The summed E-state index contributed by atoms with van der Waals surface area (Å²) >= 11 is 11.6. The smallest absolute Gasteiger partial charge is 0.303 e. The maximum absolute atomic E-state index is 11.0. The second-order valence-corrected chi connectivity index (χ2v) is 4.27. The van der Waals surface area contributed by atoms with Gasteiger partial charge in [0.2, 0.25) is 0 Å². The highest BCUT2D eigenvalue weighted by Crippen LogP contribution is 2.33. The average Bonchev–Trinajstić information content (AvgIpc) is 2.25. The molecular formula is C11H12Cl2O3. The number of rotatable bonds is 4. The van der Waals surface area contributed by atoms with E-state index in [4.69, 9.17) is 32.7 Å². The summed E-state index contributed by atoms with van der Waals surface area (Å²) in [6, 6.07) is 7.11. The molecule has 0 aliphatic carbocycles. The Bertz CT molecular complexity index is 366. The minimum Gasteiger partial charge on any atom is -0.496 e. The Morgan fingerprint density at radius 1 is 1.31 bits per heavy atom. The summed E-state index contributed by atoms with van der Waals surface area (Å²) < 4.78 is 10.2. The van der Waals surface area contributed by atoms with Gasteiger partial charge in [0.15, 0.2) is 6.10 Å². The van der Waals surface area contributed by atoms with Crippen LogP contribution >= 0.6 is 23.2 Å². The fourth-order valence-electron chi connectivity index (χ4n) is 1.33. The standard InChI is InChI=1S/C11H12Cl2O3/c1-7(14)16-10(11(12)13)8-5-3-4-6-9(8)15-2/h3-6,10-11H,1-2H3. The highest BCUT2D eigenvalue weighted by atomic mass is 35.5. The maximum atomic E-state index is 11.0. The lowest BCUT2D eigenvalue weighted by Gasteiger charge is -2.20. The van der Waals surface area contributed by atoms with Crippen molar-refractivity contribution in [1.82, 2.24) is 0 Å². The Balaban J connectivity index is 3.05. The van der Waals surface area contributed by atoms with Crippen molar-refractivity contribution < 1.29 is 14.3 Å². The van der Waals surface area contributed by atoms with E-state index in [1.165, 1.54) is 14.0 Å². The van der Waals surface area contributed by atoms with Crippen LogP contribution in [-0.4, -0.2) is 17.9 Å². The Morgan fingerprint density at radius 2 is 1.94 bits per heavy atom. The van der Waals surface area contributed by atoms with E-state index in [0.29, 0.717) is 11.3 Å². The zero-order valence-corrected chi connectivity index (χ0v) is 10.5. The van der Waals surface area contributed by atoms with Crippen molar-refractivity contribution in [2.75, 3.05) is 7.11 Å². The molecule has 0 saturated carbocycles. The van der Waals surface area contributed by atoms with Gasteiger partial charge in [-0.3, -0.25) is 4.79 Å². The van der Waals surface area contributed by atoms with E-state index in [1.807, 2.05) is 6.07 Å². The summed E-state index contributed by atoms with van der Waals surface area (Å²) in [6.07, 6.45) is -0.725. The van der Waals surface area contributed by atoms with Crippen LogP contribution in [0.1, 0.15) is 18.6 Å². The number of hydrogen-bond acceptors (Lipinski definition) is 3. The molecule has 0 aromatic heterocycles. The third-order valence-electron chi connectivity index (χ3n) is 1.97. The van der Waals surface area contributed by atoms with Crippen molar-refractivity contribution in [3.8, 4) is 5.75 Å². The number of esters is 1. The lowest BCUT2D eigenvalue weighted by atomic mass is 10.1. The summed E-state index contributed by atoms with van der Waals surface area (Å²) in [4.78, 5) is 10.1. The van der Waals surface area contributed by atoms with Crippen LogP contribution in [0.4, 0.5) is 0 Å². The Kier molecular flexibility index (Phi) is 4.90. The van der Waals surface area contributed by atoms with Gasteiger partial charge in [0.25, 0.3) is 0 Å². The van der Waals surface area contributed by atoms with Crippen LogP contribution in [0.5, 0.6) is 5.75 Å². The van der Waals surface area contributed by atoms with E-state index < -0.39 is 16.9 Å². The summed E-state index contributed by atoms with van der Waals surface area (Å²) in [7, 11) is 1.53. The van der Waals surface area contributed by atoms with Crippen molar-refractivity contribution in [2.24, 2.45) is 0 Å². The number of para-hydroxylation sites is 1. The van der Waals surface area contributed by atoms with Gasteiger partial charge < -0.3 is 9.47 Å². The first-order chi connectivity index (χ1) is 7.56. The zero-order chi connectivity index (χ0) is 12.1. The lowest BCUT2D eigenvalue weighted by Crippen LogP contribution is -2.15. The van der Waals surface area contributed by atoms with Crippen molar-refractivity contribution >= 4 is 29.2 Å². The third kappa shape index (κ3) is 3.29. The van der Waals surface area contributed by atoms with Gasteiger partial charge in [0.1, 0.15) is 10.6 Å². The number of alkyl halides is 2. The summed E-state index contributed by atoms with van der Waals surface area (Å²) in [5.74, 6) is 0.141.